The lowest BCUT2D eigenvalue weighted by Gasteiger charge is -2.09. The van der Waals surface area contributed by atoms with Crippen LogP contribution in [0.2, 0.25) is 0 Å². The van der Waals surface area contributed by atoms with E-state index in [1.54, 1.807) is 0 Å². The molecule has 2 aromatic carbocycles. The van der Waals surface area contributed by atoms with Crippen LogP contribution in [-0.2, 0) is 12.8 Å². The summed E-state index contributed by atoms with van der Waals surface area (Å²) in [5.41, 5.74) is 11.0. The van der Waals surface area contributed by atoms with Crippen molar-refractivity contribution in [3.8, 4) is 0 Å². The van der Waals surface area contributed by atoms with E-state index < -0.39 is 0 Å². The van der Waals surface area contributed by atoms with Crippen molar-refractivity contribution >= 4 is 5.78 Å². The molecule has 0 aliphatic rings. The minimum atomic E-state index is 0.164. The Morgan fingerprint density at radius 2 is 1.80 bits per heavy atom. The van der Waals surface area contributed by atoms with Gasteiger partial charge in [0, 0.05) is 12.0 Å². The van der Waals surface area contributed by atoms with E-state index in [0.29, 0.717) is 13.0 Å². The average Bonchev–Trinajstić information content (AvgIpc) is 2.44. The Kier molecular flexibility index (Phi) is 4.70. The van der Waals surface area contributed by atoms with Crippen LogP contribution < -0.4 is 5.73 Å². The molecule has 0 saturated carbocycles. The van der Waals surface area contributed by atoms with Crippen LogP contribution in [0.25, 0.3) is 0 Å². The normalized spacial score (nSPS) is 10.6. The topological polar surface area (TPSA) is 43.1 Å². The molecule has 20 heavy (non-hydrogen) atoms. The number of carbonyl (C=O) groups is 1. The molecule has 0 atom stereocenters. The zero-order valence-electron chi connectivity index (χ0n) is 12.1. The van der Waals surface area contributed by atoms with Crippen molar-refractivity contribution in [3.63, 3.8) is 0 Å². The molecule has 0 aliphatic carbocycles. The van der Waals surface area contributed by atoms with Crippen LogP contribution >= 0.6 is 0 Å². The van der Waals surface area contributed by atoms with E-state index >= 15 is 0 Å². The highest BCUT2D eigenvalue weighted by Gasteiger charge is 2.11. The summed E-state index contributed by atoms with van der Waals surface area (Å²) in [7, 11) is 0. The van der Waals surface area contributed by atoms with E-state index in [2.05, 4.69) is 26.0 Å². The van der Waals surface area contributed by atoms with E-state index in [1.807, 2.05) is 30.3 Å². The number of rotatable bonds is 5. The van der Waals surface area contributed by atoms with Gasteiger partial charge in [-0.1, -0.05) is 42.5 Å². The number of Topliss-reactive ketones (excluding diaryl/α,β-unsaturated/α-hetero) is 1. The number of hydrogen-bond acceptors (Lipinski definition) is 2. The van der Waals surface area contributed by atoms with Crippen molar-refractivity contribution in [1.29, 1.82) is 0 Å². The highest BCUT2D eigenvalue weighted by molar-refractivity contribution is 5.98. The van der Waals surface area contributed by atoms with Crippen LogP contribution in [-0.4, -0.2) is 12.3 Å². The van der Waals surface area contributed by atoms with Crippen LogP contribution in [0.5, 0.6) is 0 Å². The maximum absolute atomic E-state index is 12.5. The molecule has 0 unspecified atom stereocenters. The number of ketones is 1. The summed E-state index contributed by atoms with van der Waals surface area (Å²) in [6.07, 6.45) is 1.19. The molecule has 0 radical (unpaired) electrons. The van der Waals surface area contributed by atoms with Gasteiger partial charge in [-0.25, -0.2) is 0 Å². The Labute approximate surface area is 120 Å². The van der Waals surface area contributed by atoms with Crippen LogP contribution in [0, 0.1) is 13.8 Å². The van der Waals surface area contributed by atoms with Crippen molar-refractivity contribution in [1.82, 2.24) is 0 Å². The number of benzene rings is 2. The van der Waals surface area contributed by atoms with Gasteiger partial charge in [0.05, 0.1) is 0 Å². The van der Waals surface area contributed by atoms with Crippen LogP contribution in [0.15, 0.2) is 42.5 Å². The highest BCUT2D eigenvalue weighted by Crippen LogP contribution is 2.15. The van der Waals surface area contributed by atoms with Crippen LogP contribution in [0.4, 0.5) is 0 Å². The van der Waals surface area contributed by atoms with E-state index in [4.69, 9.17) is 5.73 Å². The van der Waals surface area contributed by atoms with Crippen molar-refractivity contribution < 1.29 is 4.79 Å². The predicted octanol–water partition coefficient (Wildman–Crippen LogP) is 3.23. The lowest BCUT2D eigenvalue weighted by Crippen LogP contribution is -2.11. The van der Waals surface area contributed by atoms with Gasteiger partial charge < -0.3 is 5.73 Å². The summed E-state index contributed by atoms with van der Waals surface area (Å²) in [4.78, 5) is 12.5. The SMILES string of the molecule is Cc1ccc(CC(=O)c2ccccc2CCN)cc1C. The third-order valence-corrected chi connectivity index (χ3v) is 3.67. The number of carbonyl (C=O) groups excluding carboxylic acids is 1. The van der Waals surface area contributed by atoms with Gasteiger partial charge in [-0.2, -0.15) is 0 Å². The fourth-order valence-corrected chi connectivity index (χ4v) is 2.36. The Bertz CT molecular complexity index is 617. The fourth-order valence-electron chi connectivity index (χ4n) is 2.36. The largest absolute Gasteiger partial charge is 0.330 e. The van der Waals surface area contributed by atoms with Crippen molar-refractivity contribution in [2.45, 2.75) is 26.7 Å². The maximum atomic E-state index is 12.5. The average molecular weight is 267 g/mol. The summed E-state index contributed by atoms with van der Waals surface area (Å²) in [5, 5.41) is 0. The Morgan fingerprint density at radius 1 is 1.05 bits per heavy atom. The molecular weight excluding hydrogens is 246 g/mol. The molecule has 0 heterocycles. The molecule has 0 amide bonds. The molecule has 0 spiro atoms. The van der Waals surface area contributed by atoms with E-state index in [0.717, 1.165) is 23.1 Å². The van der Waals surface area contributed by atoms with Crippen molar-refractivity contribution in [2.75, 3.05) is 6.54 Å². The van der Waals surface area contributed by atoms with Gasteiger partial charge in [0.2, 0.25) is 0 Å². The quantitative estimate of drug-likeness (QED) is 0.845. The summed E-state index contributed by atoms with van der Waals surface area (Å²) in [6, 6.07) is 14.0. The third-order valence-electron chi connectivity index (χ3n) is 3.67. The standard InChI is InChI=1S/C18H21NO/c1-13-7-8-15(11-14(13)2)12-18(20)17-6-4-3-5-16(17)9-10-19/h3-8,11H,9-10,12,19H2,1-2H3. The molecule has 2 nitrogen and oxygen atoms in total. The van der Waals surface area contributed by atoms with Gasteiger partial charge in [0.1, 0.15) is 0 Å². The second-order valence-corrected chi connectivity index (χ2v) is 5.21. The van der Waals surface area contributed by atoms with Gasteiger partial charge in [0.25, 0.3) is 0 Å². The van der Waals surface area contributed by atoms with Gasteiger partial charge in [-0.15, -0.1) is 0 Å². The van der Waals surface area contributed by atoms with E-state index in [-0.39, 0.29) is 5.78 Å². The first-order valence-corrected chi connectivity index (χ1v) is 6.99. The lowest BCUT2D eigenvalue weighted by molar-refractivity contribution is 0.0992. The number of hydrogen-bond donors (Lipinski definition) is 1. The first-order chi connectivity index (χ1) is 9.61. The lowest BCUT2D eigenvalue weighted by atomic mass is 9.95. The second-order valence-electron chi connectivity index (χ2n) is 5.21. The monoisotopic (exact) mass is 267 g/mol. The van der Waals surface area contributed by atoms with E-state index in [1.165, 1.54) is 11.1 Å². The third kappa shape index (κ3) is 3.34. The fraction of sp³-hybridized carbons (Fsp3) is 0.278. The molecule has 2 rings (SSSR count). The second kappa shape index (κ2) is 6.49. The first-order valence-electron chi connectivity index (χ1n) is 6.99. The molecule has 0 aliphatic heterocycles. The predicted molar refractivity (Wildman–Crippen MR) is 83.2 cm³/mol. The smallest absolute Gasteiger partial charge is 0.167 e. The minimum absolute atomic E-state index is 0.164. The minimum Gasteiger partial charge on any atom is -0.330 e. The molecule has 2 N–H and O–H groups in total. The van der Waals surface area contributed by atoms with Crippen LogP contribution in [0.1, 0.15) is 32.6 Å². The molecule has 0 aromatic heterocycles. The molecule has 0 fully saturated rings. The molecule has 2 heteroatoms. The molecular formula is C18H21NO. The van der Waals surface area contributed by atoms with Crippen LogP contribution in [0.3, 0.4) is 0 Å². The Balaban J connectivity index is 2.21. The van der Waals surface area contributed by atoms with Gasteiger partial charge in [0.15, 0.2) is 5.78 Å². The Morgan fingerprint density at radius 3 is 2.50 bits per heavy atom. The van der Waals surface area contributed by atoms with Gasteiger partial charge >= 0.3 is 0 Å². The van der Waals surface area contributed by atoms with Crippen molar-refractivity contribution in [2.24, 2.45) is 5.73 Å². The molecule has 104 valence electrons. The summed E-state index contributed by atoms with van der Waals surface area (Å²) >= 11 is 0. The first kappa shape index (κ1) is 14.5. The summed E-state index contributed by atoms with van der Waals surface area (Å²) < 4.78 is 0. The highest BCUT2D eigenvalue weighted by atomic mass is 16.1. The van der Waals surface area contributed by atoms with Crippen molar-refractivity contribution in [3.05, 3.63) is 70.3 Å². The zero-order chi connectivity index (χ0) is 14.5. The molecule has 0 saturated heterocycles. The van der Waals surface area contributed by atoms with Gasteiger partial charge in [-0.05, 0) is 49.1 Å². The van der Waals surface area contributed by atoms with Gasteiger partial charge in [-0.3, -0.25) is 4.79 Å². The molecule has 0 bridgehead atoms. The zero-order valence-corrected chi connectivity index (χ0v) is 12.1. The summed E-state index contributed by atoms with van der Waals surface area (Å²) in [6.45, 7) is 4.72. The van der Waals surface area contributed by atoms with E-state index in [9.17, 15) is 4.79 Å². The summed E-state index contributed by atoms with van der Waals surface area (Å²) in [5.74, 6) is 0.164. The number of nitrogens with two attached hydrogens (primary N) is 1. The Hall–Kier alpha value is -1.93. The number of aryl methyl sites for hydroxylation is 2. The maximum Gasteiger partial charge on any atom is 0.167 e. The molecule has 2 aromatic rings.